The SMILES string of the molecule is O=C(O)c1[nH]c(=O)c2cc(N=C(c3ccccc3)c3ccccc3)ccc2c1O. The van der Waals surface area contributed by atoms with Gasteiger partial charge in [-0.15, -0.1) is 0 Å². The molecule has 29 heavy (non-hydrogen) atoms. The molecule has 6 nitrogen and oxygen atoms in total. The van der Waals surface area contributed by atoms with Crippen molar-refractivity contribution < 1.29 is 15.0 Å². The lowest BCUT2D eigenvalue weighted by Gasteiger charge is -2.09. The second-order valence-corrected chi connectivity index (χ2v) is 6.41. The van der Waals surface area contributed by atoms with Gasteiger partial charge in [-0.1, -0.05) is 60.7 Å². The number of carboxylic acids is 1. The maximum Gasteiger partial charge on any atom is 0.356 e. The van der Waals surface area contributed by atoms with Gasteiger partial charge >= 0.3 is 5.97 Å². The van der Waals surface area contributed by atoms with Crippen molar-refractivity contribution in [1.29, 1.82) is 0 Å². The third-order valence-electron chi connectivity index (χ3n) is 4.53. The number of benzene rings is 3. The lowest BCUT2D eigenvalue weighted by Crippen LogP contribution is -2.13. The van der Waals surface area contributed by atoms with Crippen molar-refractivity contribution in [2.75, 3.05) is 0 Å². The maximum absolute atomic E-state index is 12.4. The van der Waals surface area contributed by atoms with Gasteiger partial charge < -0.3 is 15.2 Å². The van der Waals surface area contributed by atoms with Crippen molar-refractivity contribution in [3.63, 3.8) is 0 Å². The number of aromatic carboxylic acids is 1. The molecule has 0 amide bonds. The van der Waals surface area contributed by atoms with Crippen molar-refractivity contribution in [1.82, 2.24) is 4.98 Å². The molecule has 3 N–H and O–H groups in total. The summed E-state index contributed by atoms with van der Waals surface area (Å²) >= 11 is 0. The number of rotatable bonds is 4. The summed E-state index contributed by atoms with van der Waals surface area (Å²) in [6.07, 6.45) is 0. The van der Waals surface area contributed by atoms with Gasteiger partial charge in [0.25, 0.3) is 5.56 Å². The third kappa shape index (κ3) is 3.51. The summed E-state index contributed by atoms with van der Waals surface area (Å²) in [4.78, 5) is 30.5. The second-order valence-electron chi connectivity index (χ2n) is 6.41. The topological polar surface area (TPSA) is 103 Å². The summed E-state index contributed by atoms with van der Waals surface area (Å²) in [7, 11) is 0. The molecule has 0 saturated carbocycles. The number of nitrogens with one attached hydrogen (secondary N) is 1. The number of fused-ring (bicyclic) bond motifs is 1. The number of carbonyl (C=O) groups is 1. The Balaban J connectivity index is 1.91. The number of hydrogen-bond acceptors (Lipinski definition) is 4. The highest BCUT2D eigenvalue weighted by Gasteiger charge is 2.16. The monoisotopic (exact) mass is 384 g/mol. The molecule has 4 rings (SSSR count). The smallest absolute Gasteiger partial charge is 0.356 e. The fraction of sp³-hybridized carbons (Fsp3) is 0. The summed E-state index contributed by atoms with van der Waals surface area (Å²) in [5.41, 5.74) is 1.93. The zero-order valence-electron chi connectivity index (χ0n) is 15.2. The number of aliphatic imine (C=N–C) groups is 1. The molecule has 4 aromatic rings. The average molecular weight is 384 g/mol. The van der Waals surface area contributed by atoms with Crippen LogP contribution in [0.2, 0.25) is 0 Å². The van der Waals surface area contributed by atoms with Gasteiger partial charge in [-0.25, -0.2) is 9.79 Å². The molecule has 0 fully saturated rings. The number of aromatic nitrogens is 1. The van der Waals surface area contributed by atoms with Crippen molar-refractivity contribution >= 4 is 28.1 Å². The van der Waals surface area contributed by atoms with Gasteiger partial charge in [0.2, 0.25) is 0 Å². The Hall–Kier alpha value is -4.19. The van der Waals surface area contributed by atoms with Crippen LogP contribution in [0.4, 0.5) is 5.69 Å². The molecule has 0 unspecified atom stereocenters. The number of aromatic hydroxyl groups is 1. The second kappa shape index (κ2) is 7.44. The first kappa shape index (κ1) is 18.2. The summed E-state index contributed by atoms with van der Waals surface area (Å²) in [6, 6.07) is 24.0. The maximum atomic E-state index is 12.4. The summed E-state index contributed by atoms with van der Waals surface area (Å²) < 4.78 is 0. The summed E-state index contributed by atoms with van der Waals surface area (Å²) in [5.74, 6) is -1.88. The number of aromatic amines is 1. The van der Waals surface area contributed by atoms with E-state index in [0.717, 1.165) is 16.8 Å². The molecular weight excluding hydrogens is 368 g/mol. The molecule has 0 spiro atoms. The number of H-pyrrole nitrogens is 1. The Morgan fingerprint density at radius 3 is 1.97 bits per heavy atom. The van der Waals surface area contributed by atoms with Gasteiger partial charge in [-0.05, 0) is 18.2 Å². The first-order valence-electron chi connectivity index (χ1n) is 8.86. The van der Waals surface area contributed by atoms with Crippen molar-refractivity contribution in [3.8, 4) is 5.75 Å². The van der Waals surface area contributed by atoms with Crippen LogP contribution >= 0.6 is 0 Å². The minimum Gasteiger partial charge on any atom is -0.505 e. The van der Waals surface area contributed by atoms with E-state index < -0.39 is 23.0 Å². The van der Waals surface area contributed by atoms with Crippen LogP contribution in [-0.4, -0.2) is 26.9 Å². The normalized spacial score (nSPS) is 10.6. The van der Waals surface area contributed by atoms with E-state index in [1.54, 1.807) is 6.07 Å². The first-order chi connectivity index (χ1) is 14.0. The Bertz CT molecular complexity index is 1250. The Morgan fingerprint density at radius 2 is 1.41 bits per heavy atom. The predicted molar refractivity (Wildman–Crippen MR) is 111 cm³/mol. The molecule has 0 aliphatic rings. The van der Waals surface area contributed by atoms with Crippen molar-refractivity contribution in [3.05, 3.63) is 106 Å². The molecule has 0 saturated heterocycles. The highest BCUT2D eigenvalue weighted by atomic mass is 16.4. The van der Waals surface area contributed by atoms with Crippen LogP contribution in [-0.2, 0) is 0 Å². The van der Waals surface area contributed by atoms with Crippen LogP contribution < -0.4 is 5.56 Å². The van der Waals surface area contributed by atoms with E-state index in [0.29, 0.717) is 5.69 Å². The van der Waals surface area contributed by atoms with Crippen molar-refractivity contribution in [2.24, 2.45) is 4.99 Å². The van der Waals surface area contributed by atoms with Gasteiger partial charge in [-0.2, -0.15) is 0 Å². The van der Waals surface area contributed by atoms with Gasteiger partial charge in [0.05, 0.1) is 16.8 Å². The van der Waals surface area contributed by atoms with E-state index in [-0.39, 0.29) is 10.8 Å². The molecule has 142 valence electrons. The minimum atomic E-state index is -1.40. The lowest BCUT2D eigenvalue weighted by atomic mass is 10.0. The number of pyridine rings is 1. The molecule has 1 heterocycles. The Labute approximate surface area is 165 Å². The van der Waals surface area contributed by atoms with E-state index in [9.17, 15) is 14.7 Å². The predicted octanol–water partition coefficient (Wildman–Crippen LogP) is 4.10. The highest BCUT2D eigenvalue weighted by Crippen LogP contribution is 2.28. The van der Waals surface area contributed by atoms with Gasteiger partial charge in [0.15, 0.2) is 11.4 Å². The van der Waals surface area contributed by atoms with E-state index >= 15 is 0 Å². The van der Waals surface area contributed by atoms with Crippen LogP contribution in [0.1, 0.15) is 21.6 Å². The van der Waals surface area contributed by atoms with E-state index in [2.05, 4.69) is 4.98 Å². The largest absolute Gasteiger partial charge is 0.505 e. The molecule has 0 atom stereocenters. The van der Waals surface area contributed by atoms with Gasteiger partial charge in [0, 0.05) is 16.5 Å². The molecule has 1 aromatic heterocycles. The average Bonchev–Trinajstić information content (AvgIpc) is 2.75. The first-order valence-corrected chi connectivity index (χ1v) is 8.86. The number of hydrogen-bond donors (Lipinski definition) is 3. The number of nitrogens with zero attached hydrogens (tertiary/aromatic N) is 1. The zero-order chi connectivity index (χ0) is 20.4. The fourth-order valence-corrected chi connectivity index (χ4v) is 3.14. The van der Waals surface area contributed by atoms with Crippen LogP contribution in [0.25, 0.3) is 10.8 Å². The zero-order valence-corrected chi connectivity index (χ0v) is 15.2. The summed E-state index contributed by atoms with van der Waals surface area (Å²) in [6.45, 7) is 0. The van der Waals surface area contributed by atoms with Crippen LogP contribution in [0, 0.1) is 0 Å². The number of carboxylic acid groups (broad SMARTS) is 1. The summed E-state index contributed by atoms with van der Waals surface area (Å²) in [5, 5.41) is 19.6. The molecule has 0 aliphatic heterocycles. The lowest BCUT2D eigenvalue weighted by molar-refractivity contribution is 0.0687. The van der Waals surface area contributed by atoms with E-state index in [1.165, 1.54) is 12.1 Å². The van der Waals surface area contributed by atoms with Gasteiger partial charge in [-0.3, -0.25) is 4.79 Å². The quantitative estimate of drug-likeness (QED) is 0.461. The highest BCUT2D eigenvalue weighted by molar-refractivity contribution is 6.14. The Kier molecular flexibility index (Phi) is 4.66. The van der Waals surface area contributed by atoms with Gasteiger partial charge in [0.1, 0.15) is 0 Å². The molecule has 0 radical (unpaired) electrons. The third-order valence-corrected chi connectivity index (χ3v) is 4.53. The molecule has 6 heteroatoms. The molecule has 0 bridgehead atoms. The van der Waals surface area contributed by atoms with Crippen LogP contribution in [0.5, 0.6) is 5.75 Å². The van der Waals surface area contributed by atoms with Crippen molar-refractivity contribution in [2.45, 2.75) is 0 Å². The molecule has 3 aromatic carbocycles. The molecular formula is C23H16N2O4. The Morgan fingerprint density at radius 1 is 0.828 bits per heavy atom. The van der Waals surface area contributed by atoms with Crippen LogP contribution in [0.15, 0.2) is 88.6 Å². The van der Waals surface area contributed by atoms with Crippen LogP contribution in [0.3, 0.4) is 0 Å². The minimum absolute atomic E-state index is 0.158. The fourth-order valence-electron chi connectivity index (χ4n) is 3.14. The van der Waals surface area contributed by atoms with E-state index in [4.69, 9.17) is 10.1 Å². The van der Waals surface area contributed by atoms with E-state index in [1.807, 2.05) is 60.7 Å². The molecule has 0 aliphatic carbocycles. The standard InChI is InChI=1S/C23H16N2O4/c26-21-17-12-11-16(13-18(17)22(27)25-20(21)23(28)29)24-19(14-7-3-1-4-8-14)15-9-5-2-6-10-15/h1-13,26H,(H,25,27)(H,28,29).